The van der Waals surface area contributed by atoms with E-state index in [2.05, 4.69) is 15.0 Å². The van der Waals surface area contributed by atoms with E-state index < -0.39 is 17.7 Å². The monoisotopic (exact) mass is 391 g/mol. The first kappa shape index (κ1) is 18.2. The summed E-state index contributed by atoms with van der Waals surface area (Å²) in [6, 6.07) is 7.28. The summed E-state index contributed by atoms with van der Waals surface area (Å²) in [5.41, 5.74) is 6.95. The van der Waals surface area contributed by atoms with Crippen LogP contribution < -0.4 is 10.6 Å². The number of aromatic nitrogens is 4. The number of fused-ring (bicyclic) bond motifs is 1. The molecular formula is C20H14FN5O3. The van der Waals surface area contributed by atoms with Crippen LogP contribution in [-0.4, -0.2) is 31.6 Å². The number of aryl methyl sites for hydroxylation is 1. The normalized spacial score (nSPS) is 10.8. The molecule has 0 fully saturated rings. The molecule has 4 rings (SSSR count). The summed E-state index contributed by atoms with van der Waals surface area (Å²) in [4.78, 5) is 42.2. The second-order valence-corrected chi connectivity index (χ2v) is 6.21. The molecule has 0 radical (unpaired) electrons. The van der Waals surface area contributed by atoms with Gasteiger partial charge in [0, 0.05) is 29.5 Å². The number of carbonyl (C=O) groups excluding carboxylic acids is 2. The lowest BCUT2D eigenvalue weighted by atomic mass is 10.1. The van der Waals surface area contributed by atoms with Crippen molar-refractivity contribution in [1.29, 1.82) is 0 Å². The summed E-state index contributed by atoms with van der Waals surface area (Å²) in [5.74, 6) is -1.63. The number of hydrogen-bond acceptors (Lipinski definition) is 6. The van der Waals surface area contributed by atoms with Crippen molar-refractivity contribution in [3.63, 3.8) is 0 Å². The fraction of sp³-hybridized carbons (Fsp3) is 0.0500. The Kier molecular flexibility index (Phi) is 4.47. The highest BCUT2D eigenvalue weighted by molar-refractivity contribution is 6.06. The molecule has 0 saturated heterocycles. The highest BCUT2D eigenvalue weighted by Crippen LogP contribution is 2.22. The van der Waals surface area contributed by atoms with Crippen molar-refractivity contribution in [1.82, 2.24) is 19.7 Å². The SMILES string of the molecule is Cc1nc(-c2cccnc2)ncc1C(=O)On1cc(C(N)=O)c2cc(F)ccc21. The maximum Gasteiger partial charge on any atom is 0.366 e. The summed E-state index contributed by atoms with van der Waals surface area (Å²) in [6.07, 6.45) is 5.84. The van der Waals surface area contributed by atoms with Gasteiger partial charge in [-0.2, -0.15) is 4.73 Å². The molecule has 1 amide bonds. The number of hydrogen-bond donors (Lipinski definition) is 1. The molecule has 0 aliphatic heterocycles. The molecule has 0 bridgehead atoms. The molecule has 0 aliphatic carbocycles. The van der Waals surface area contributed by atoms with Gasteiger partial charge in [0.15, 0.2) is 5.82 Å². The lowest BCUT2D eigenvalue weighted by molar-refractivity contribution is 0.0479. The average molecular weight is 391 g/mol. The summed E-state index contributed by atoms with van der Waals surface area (Å²) in [7, 11) is 0. The van der Waals surface area contributed by atoms with Crippen LogP contribution in [0.3, 0.4) is 0 Å². The zero-order chi connectivity index (χ0) is 20.5. The first-order chi connectivity index (χ1) is 13.9. The molecule has 0 unspecified atom stereocenters. The molecule has 8 nitrogen and oxygen atoms in total. The Balaban J connectivity index is 1.67. The zero-order valence-corrected chi connectivity index (χ0v) is 15.2. The Morgan fingerprint density at radius 3 is 2.69 bits per heavy atom. The molecule has 9 heteroatoms. The van der Waals surface area contributed by atoms with Crippen LogP contribution in [0.4, 0.5) is 4.39 Å². The van der Waals surface area contributed by atoms with Crippen LogP contribution in [0.1, 0.15) is 26.4 Å². The molecule has 0 aliphatic rings. The van der Waals surface area contributed by atoms with Crippen molar-refractivity contribution in [3.8, 4) is 11.4 Å². The number of rotatable bonds is 4. The van der Waals surface area contributed by atoms with Gasteiger partial charge in [-0.3, -0.25) is 9.78 Å². The van der Waals surface area contributed by atoms with Crippen molar-refractivity contribution in [2.45, 2.75) is 6.92 Å². The van der Waals surface area contributed by atoms with Crippen molar-refractivity contribution in [2.75, 3.05) is 0 Å². The topological polar surface area (TPSA) is 113 Å². The van der Waals surface area contributed by atoms with E-state index in [0.717, 1.165) is 10.8 Å². The number of pyridine rings is 1. The number of carbonyl (C=O) groups is 2. The second kappa shape index (κ2) is 7.12. The average Bonchev–Trinajstić information content (AvgIpc) is 3.06. The van der Waals surface area contributed by atoms with Gasteiger partial charge in [-0.25, -0.2) is 19.2 Å². The molecule has 29 heavy (non-hydrogen) atoms. The Bertz CT molecular complexity index is 1250. The van der Waals surface area contributed by atoms with E-state index in [1.807, 2.05) is 0 Å². The standard InChI is InChI=1S/C20H14FN5O3/c1-11-15(9-24-19(25-11)12-3-2-6-23-8-12)20(28)29-26-10-16(18(22)27)14-7-13(21)4-5-17(14)26/h2-10H,1H3,(H2,22,27). The van der Waals surface area contributed by atoms with Gasteiger partial charge in [0.25, 0.3) is 5.91 Å². The van der Waals surface area contributed by atoms with E-state index >= 15 is 0 Å². The van der Waals surface area contributed by atoms with E-state index in [1.165, 1.54) is 24.5 Å². The lowest BCUT2D eigenvalue weighted by Crippen LogP contribution is -2.21. The largest absolute Gasteiger partial charge is 0.366 e. The maximum absolute atomic E-state index is 13.6. The number of primary amides is 1. The van der Waals surface area contributed by atoms with Gasteiger partial charge in [-0.05, 0) is 37.3 Å². The first-order valence-corrected chi connectivity index (χ1v) is 8.51. The number of halogens is 1. The smallest absolute Gasteiger partial charge is 0.366 e. The highest BCUT2D eigenvalue weighted by Gasteiger charge is 2.19. The second-order valence-electron chi connectivity index (χ2n) is 6.21. The fourth-order valence-corrected chi connectivity index (χ4v) is 2.88. The first-order valence-electron chi connectivity index (χ1n) is 8.51. The molecule has 4 aromatic rings. The zero-order valence-electron chi connectivity index (χ0n) is 15.2. The molecule has 0 saturated carbocycles. The van der Waals surface area contributed by atoms with Crippen LogP contribution in [0.15, 0.2) is 55.1 Å². The van der Waals surface area contributed by atoms with Crippen LogP contribution in [-0.2, 0) is 0 Å². The van der Waals surface area contributed by atoms with E-state index in [-0.39, 0.29) is 16.5 Å². The van der Waals surface area contributed by atoms with Crippen molar-refractivity contribution in [2.24, 2.45) is 5.73 Å². The molecular weight excluding hydrogens is 377 g/mol. The molecule has 0 spiro atoms. The predicted octanol–water partition coefficient (Wildman–Crippen LogP) is 2.31. The van der Waals surface area contributed by atoms with E-state index in [0.29, 0.717) is 22.6 Å². The Labute approximate surface area is 163 Å². The third kappa shape index (κ3) is 3.41. The van der Waals surface area contributed by atoms with Gasteiger partial charge in [0.1, 0.15) is 11.4 Å². The number of nitrogens with two attached hydrogens (primary N) is 1. The van der Waals surface area contributed by atoms with Crippen LogP contribution in [0.2, 0.25) is 0 Å². The van der Waals surface area contributed by atoms with Crippen molar-refractivity contribution >= 4 is 22.8 Å². The minimum absolute atomic E-state index is 0.0344. The maximum atomic E-state index is 13.6. The summed E-state index contributed by atoms with van der Waals surface area (Å²) in [5, 5.41) is 0.241. The van der Waals surface area contributed by atoms with Crippen molar-refractivity contribution in [3.05, 3.63) is 77.8 Å². The van der Waals surface area contributed by atoms with Gasteiger partial charge in [-0.1, -0.05) is 0 Å². The van der Waals surface area contributed by atoms with E-state index in [9.17, 15) is 14.0 Å². The van der Waals surface area contributed by atoms with Gasteiger partial charge in [0.2, 0.25) is 0 Å². The van der Waals surface area contributed by atoms with Crippen LogP contribution in [0.25, 0.3) is 22.3 Å². The van der Waals surface area contributed by atoms with Gasteiger partial charge in [-0.15, -0.1) is 0 Å². The quantitative estimate of drug-likeness (QED) is 0.571. The van der Waals surface area contributed by atoms with Crippen LogP contribution >= 0.6 is 0 Å². The lowest BCUT2D eigenvalue weighted by Gasteiger charge is -2.08. The summed E-state index contributed by atoms with van der Waals surface area (Å²) >= 11 is 0. The van der Waals surface area contributed by atoms with E-state index in [1.54, 1.807) is 31.5 Å². The molecule has 2 N–H and O–H groups in total. The van der Waals surface area contributed by atoms with Gasteiger partial charge < -0.3 is 10.6 Å². The third-order valence-electron chi connectivity index (χ3n) is 4.30. The molecule has 3 aromatic heterocycles. The summed E-state index contributed by atoms with van der Waals surface area (Å²) in [6.45, 7) is 1.65. The number of amides is 1. The predicted molar refractivity (Wildman–Crippen MR) is 101 cm³/mol. The highest BCUT2D eigenvalue weighted by atomic mass is 19.1. The Morgan fingerprint density at radius 2 is 2.00 bits per heavy atom. The molecule has 0 atom stereocenters. The fourth-order valence-electron chi connectivity index (χ4n) is 2.88. The molecule has 3 heterocycles. The number of benzene rings is 1. The van der Waals surface area contributed by atoms with Gasteiger partial charge >= 0.3 is 5.97 Å². The van der Waals surface area contributed by atoms with E-state index in [4.69, 9.17) is 10.6 Å². The summed E-state index contributed by atoms with van der Waals surface area (Å²) < 4.78 is 14.6. The van der Waals surface area contributed by atoms with Gasteiger partial charge in [0.05, 0.1) is 23.0 Å². The number of nitrogens with zero attached hydrogens (tertiary/aromatic N) is 4. The Morgan fingerprint density at radius 1 is 1.17 bits per heavy atom. The molecule has 1 aromatic carbocycles. The minimum atomic E-state index is -0.768. The molecule has 144 valence electrons. The van der Waals surface area contributed by atoms with Crippen LogP contribution in [0.5, 0.6) is 0 Å². The minimum Gasteiger partial charge on any atom is -0.366 e. The van der Waals surface area contributed by atoms with Crippen LogP contribution in [0, 0.1) is 12.7 Å². The Hall–Kier alpha value is -4.14. The van der Waals surface area contributed by atoms with Crippen molar-refractivity contribution < 1.29 is 18.8 Å². The third-order valence-corrected chi connectivity index (χ3v) is 4.30.